The number of carbonyl (C=O) groups excluding carboxylic acids is 2. The lowest BCUT2D eigenvalue weighted by Crippen LogP contribution is -2.39. The van der Waals surface area contributed by atoms with E-state index >= 15 is 0 Å². The highest BCUT2D eigenvalue weighted by atomic mass is 16.5. The first-order valence-electron chi connectivity index (χ1n) is 6.45. The van der Waals surface area contributed by atoms with Crippen LogP contribution in [0.1, 0.15) is 12.5 Å². The molecule has 0 aliphatic rings. The van der Waals surface area contributed by atoms with E-state index in [9.17, 15) is 9.59 Å². The number of fused-ring (bicyclic) bond motifs is 1. The van der Waals surface area contributed by atoms with E-state index in [1.165, 1.54) is 7.11 Å². The van der Waals surface area contributed by atoms with Gasteiger partial charge in [0, 0.05) is 0 Å². The Morgan fingerprint density at radius 3 is 2.60 bits per heavy atom. The smallest absolute Gasteiger partial charge is 0.328 e. The van der Waals surface area contributed by atoms with E-state index in [1.807, 2.05) is 42.5 Å². The van der Waals surface area contributed by atoms with Crippen LogP contribution in [0.4, 0.5) is 0 Å². The highest BCUT2D eigenvalue weighted by Crippen LogP contribution is 2.18. The summed E-state index contributed by atoms with van der Waals surface area (Å²) in [6, 6.07) is 13.1. The number of benzene rings is 2. The van der Waals surface area contributed by atoms with Crippen molar-refractivity contribution in [2.24, 2.45) is 0 Å². The molecule has 1 N–H and O–H groups in total. The van der Waals surface area contributed by atoms with Gasteiger partial charge in [-0.3, -0.25) is 4.79 Å². The minimum absolute atomic E-state index is 0.195. The minimum atomic E-state index is -0.637. The van der Waals surface area contributed by atoms with Gasteiger partial charge in [-0.2, -0.15) is 0 Å². The molecule has 0 saturated heterocycles. The Morgan fingerprint density at radius 2 is 1.85 bits per heavy atom. The van der Waals surface area contributed by atoms with E-state index < -0.39 is 12.0 Å². The molecular weight excluding hydrogens is 254 g/mol. The molecular formula is C16H17NO3. The number of hydrogen-bond donors (Lipinski definition) is 1. The van der Waals surface area contributed by atoms with Crippen LogP contribution in [0.5, 0.6) is 0 Å². The zero-order chi connectivity index (χ0) is 14.5. The van der Waals surface area contributed by atoms with Crippen LogP contribution in [0.25, 0.3) is 10.8 Å². The zero-order valence-electron chi connectivity index (χ0n) is 11.6. The fourth-order valence-corrected chi connectivity index (χ4v) is 2.15. The molecule has 0 aromatic heterocycles. The number of methoxy groups -OCH3 is 1. The van der Waals surface area contributed by atoms with Crippen LogP contribution in [0.2, 0.25) is 0 Å². The number of amides is 1. The van der Waals surface area contributed by atoms with Crippen molar-refractivity contribution in [1.82, 2.24) is 5.32 Å². The molecule has 0 unspecified atom stereocenters. The fourth-order valence-electron chi connectivity index (χ4n) is 2.15. The van der Waals surface area contributed by atoms with Gasteiger partial charge < -0.3 is 10.1 Å². The van der Waals surface area contributed by atoms with Crippen LogP contribution in [0, 0.1) is 0 Å². The molecule has 0 bridgehead atoms. The standard InChI is InChI=1S/C16H17NO3/c1-11(16(19)20-2)17-15(18)10-13-8-5-7-12-6-3-4-9-14(12)13/h3-9,11H,10H2,1-2H3,(H,17,18)/t11-/m0/s1. The van der Waals surface area contributed by atoms with Gasteiger partial charge in [0.25, 0.3) is 0 Å². The predicted octanol–water partition coefficient (Wildman–Crippen LogP) is 2.06. The lowest BCUT2D eigenvalue weighted by molar-refractivity contribution is -0.144. The van der Waals surface area contributed by atoms with Crippen LogP contribution in [-0.4, -0.2) is 25.0 Å². The van der Waals surface area contributed by atoms with Crippen LogP contribution in [0.3, 0.4) is 0 Å². The average Bonchev–Trinajstić information content (AvgIpc) is 2.46. The Kier molecular flexibility index (Phi) is 4.35. The molecule has 0 aliphatic heterocycles. The minimum Gasteiger partial charge on any atom is -0.467 e. The van der Waals surface area contributed by atoms with Gasteiger partial charge in [0.2, 0.25) is 5.91 Å². The summed E-state index contributed by atoms with van der Waals surface area (Å²) in [6.45, 7) is 1.60. The van der Waals surface area contributed by atoms with Crippen molar-refractivity contribution in [2.45, 2.75) is 19.4 Å². The van der Waals surface area contributed by atoms with Crippen LogP contribution in [-0.2, 0) is 20.7 Å². The number of esters is 1. The number of rotatable bonds is 4. The van der Waals surface area contributed by atoms with Crippen LogP contribution < -0.4 is 5.32 Å². The Morgan fingerprint density at radius 1 is 1.15 bits per heavy atom. The van der Waals surface area contributed by atoms with Gasteiger partial charge in [-0.25, -0.2) is 4.79 Å². The molecule has 104 valence electrons. The molecule has 1 amide bonds. The molecule has 2 aromatic rings. The maximum absolute atomic E-state index is 12.0. The molecule has 0 heterocycles. The van der Waals surface area contributed by atoms with Gasteiger partial charge in [0.05, 0.1) is 13.5 Å². The second kappa shape index (κ2) is 6.19. The summed E-state index contributed by atoms with van der Waals surface area (Å²) in [4.78, 5) is 23.2. The summed E-state index contributed by atoms with van der Waals surface area (Å²) < 4.78 is 4.58. The molecule has 0 radical (unpaired) electrons. The van der Waals surface area contributed by atoms with Crippen LogP contribution in [0.15, 0.2) is 42.5 Å². The highest BCUT2D eigenvalue weighted by Gasteiger charge is 2.16. The number of nitrogens with one attached hydrogen (secondary N) is 1. The zero-order valence-corrected chi connectivity index (χ0v) is 11.6. The second-order valence-corrected chi connectivity index (χ2v) is 4.63. The number of ether oxygens (including phenoxy) is 1. The van der Waals surface area contributed by atoms with Crippen molar-refractivity contribution in [3.8, 4) is 0 Å². The Labute approximate surface area is 117 Å². The van der Waals surface area contributed by atoms with Crippen molar-refractivity contribution in [1.29, 1.82) is 0 Å². The lowest BCUT2D eigenvalue weighted by atomic mass is 10.0. The first-order valence-corrected chi connectivity index (χ1v) is 6.45. The summed E-state index contributed by atoms with van der Waals surface area (Å²) in [5.41, 5.74) is 0.942. The quantitative estimate of drug-likeness (QED) is 0.866. The van der Waals surface area contributed by atoms with Gasteiger partial charge in [-0.05, 0) is 23.3 Å². The van der Waals surface area contributed by atoms with E-state index in [0.717, 1.165) is 16.3 Å². The Balaban J connectivity index is 2.12. The van der Waals surface area contributed by atoms with Gasteiger partial charge in [0.15, 0.2) is 0 Å². The fraction of sp³-hybridized carbons (Fsp3) is 0.250. The molecule has 4 heteroatoms. The van der Waals surface area contributed by atoms with Crippen molar-refractivity contribution < 1.29 is 14.3 Å². The topological polar surface area (TPSA) is 55.4 Å². The molecule has 4 nitrogen and oxygen atoms in total. The van der Waals surface area contributed by atoms with Gasteiger partial charge in [-0.1, -0.05) is 42.5 Å². The summed E-state index contributed by atoms with van der Waals surface area (Å²) in [5.74, 6) is -0.643. The Bertz CT molecular complexity index is 631. The van der Waals surface area contributed by atoms with Crippen molar-refractivity contribution >= 4 is 22.6 Å². The third-order valence-corrected chi connectivity index (χ3v) is 3.16. The molecule has 1 atom stereocenters. The van der Waals surface area contributed by atoms with E-state index in [1.54, 1.807) is 6.92 Å². The van der Waals surface area contributed by atoms with Gasteiger partial charge in [0.1, 0.15) is 6.04 Å². The van der Waals surface area contributed by atoms with Gasteiger partial charge in [-0.15, -0.1) is 0 Å². The van der Waals surface area contributed by atoms with E-state index in [2.05, 4.69) is 10.1 Å². The third-order valence-electron chi connectivity index (χ3n) is 3.16. The monoisotopic (exact) mass is 271 g/mol. The normalized spacial score (nSPS) is 11.9. The first kappa shape index (κ1) is 14.1. The third kappa shape index (κ3) is 3.15. The maximum atomic E-state index is 12.0. The van der Waals surface area contributed by atoms with E-state index in [0.29, 0.717) is 0 Å². The number of hydrogen-bond acceptors (Lipinski definition) is 3. The largest absolute Gasteiger partial charge is 0.467 e. The van der Waals surface area contributed by atoms with Crippen molar-refractivity contribution in [2.75, 3.05) is 7.11 Å². The Hall–Kier alpha value is -2.36. The average molecular weight is 271 g/mol. The second-order valence-electron chi connectivity index (χ2n) is 4.63. The molecule has 20 heavy (non-hydrogen) atoms. The highest BCUT2D eigenvalue weighted by molar-refractivity contribution is 5.91. The molecule has 0 saturated carbocycles. The summed E-state index contributed by atoms with van der Waals surface area (Å²) >= 11 is 0. The first-order chi connectivity index (χ1) is 9.61. The van der Waals surface area contributed by atoms with Crippen molar-refractivity contribution in [3.05, 3.63) is 48.0 Å². The number of carbonyl (C=O) groups is 2. The molecule has 2 aromatic carbocycles. The maximum Gasteiger partial charge on any atom is 0.328 e. The molecule has 2 rings (SSSR count). The lowest BCUT2D eigenvalue weighted by Gasteiger charge is -2.12. The molecule has 0 aliphatic carbocycles. The van der Waals surface area contributed by atoms with Gasteiger partial charge >= 0.3 is 5.97 Å². The summed E-state index contributed by atoms with van der Waals surface area (Å²) in [6.07, 6.45) is 0.239. The van der Waals surface area contributed by atoms with E-state index in [-0.39, 0.29) is 12.3 Å². The summed E-state index contributed by atoms with van der Waals surface area (Å²) in [5, 5.41) is 4.78. The van der Waals surface area contributed by atoms with E-state index in [4.69, 9.17) is 0 Å². The summed E-state index contributed by atoms with van der Waals surface area (Å²) in [7, 11) is 1.30. The SMILES string of the molecule is COC(=O)[C@H](C)NC(=O)Cc1cccc2ccccc12. The molecule has 0 fully saturated rings. The predicted molar refractivity (Wildman–Crippen MR) is 77.3 cm³/mol. The van der Waals surface area contributed by atoms with Crippen molar-refractivity contribution in [3.63, 3.8) is 0 Å². The van der Waals surface area contributed by atoms with Crippen LogP contribution >= 0.6 is 0 Å². The molecule has 0 spiro atoms.